The Labute approximate surface area is 158 Å². The molecule has 0 atom stereocenters. The van der Waals surface area contributed by atoms with Crippen LogP contribution in [-0.2, 0) is 11.3 Å². The molecule has 8 heteroatoms. The quantitative estimate of drug-likeness (QED) is 0.513. The summed E-state index contributed by atoms with van der Waals surface area (Å²) >= 11 is 1.57. The molecule has 0 spiro atoms. The van der Waals surface area contributed by atoms with Crippen LogP contribution in [0.3, 0.4) is 0 Å². The maximum Gasteiger partial charge on any atom is 0.285 e. The minimum Gasteiger partial charge on any atom is -0.299 e. The Morgan fingerprint density at radius 1 is 0.963 bits per heavy atom. The van der Waals surface area contributed by atoms with Gasteiger partial charge in [0.15, 0.2) is 0 Å². The van der Waals surface area contributed by atoms with Gasteiger partial charge in [0, 0.05) is 21.9 Å². The van der Waals surface area contributed by atoms with Gasteiger partial charge in [0.05, 0.1) is 22.5 Å². The number of para-hydroxylation sites is 2. The highest BCUT2D eigenvalue weighted by Crippen LogP contribution is 2.47. The molecule has 3 aromatic rings. The highest BCUT2D eigenvalue weighted by atomic mass is 32.2. The summed E-state index contributed by atoms with van der Waals surface area (Å²) in [6.45, 7) is -0.298. The van der Waals surface area contributed by atoms with Gasteiger partial charge in [-0.3, -0.25) is 29.2 Å². The monoisotopic (exact) mass is 379 g/mol. The second kappa shape index (κ2) is 6.73. The van der Waals surface area contributed by atoms with Gasteiger partial charge in [0.25, 0.3) is 17.2 Å². The molecule has 134 valence electrons. The van der Waals surface area contributed by atoms with Gasteiger partial charge >= 0.3 is 0 Å². The van der Waals surface area contributed by atoms with Crippen molar-refractivity contribution in [2.75, 3.05) is 4.90 Å². The highest BCUT2D eigenvalue weighted by molar-refractivity contribution is 7.99. The lowest BCUT2D eigenvalue weighted by Gasteiger charge is -2.31. The van der Waals surface area contributed by atoms with E-state index in [0.717, 1.165) is 44.1 Å². The SMILES string of the molecule is O=C(Cn1cc([N+](=O)[O-])ccc1=O)N1c2ccccc2Sc2ccccc21. The van der Waals surface area contributed by atoms with Crippen molar-refractivity contribution in [3.05, 3.63) is 87.3 Å². The molecular formula is C19H13N3O4S. The molecule has 1 amide bonds. The zero-order chi connectivity index (χ0) is 19.0. The second-order valence-corrected chi connectivity index (χ2v) is 6.96. The number of fused-ring (bicyclic) bond motifs is 2. The van der Waals surface area contributed by atoms with E-state index in [1.165, 1.54) is 0 Å². The number of nitrogens with zero attached hydrogens (tertiary/aromatic N) is 3. The lowest BCUT2D eigenvalue weighted by molar-refractivity contribution is -0.385. The van der Waals surface area contributed by atoms with Gasteiger partial charge < -0.3 is 0 Å². The van der Waals surface area contributed by atoms with Crippen LogP contribution < -0.4 is 10.5 Å². The number of aromatic nitrogens is 1. The molecule has 0 N–H and O–H groups in total. The van der Waals surface area contributed by atoms with Crippen molar-refractivity contribution in [3.8, 4) is 0 Å². The predicted molar refractivity (Wildman–Crippen MR) is 102 cm³/mol. The predicted octanol–water partition coefficient (Wildman–Crippen LogP) is 3.59. The topological polar surface area (TPSA) is 85.5 Å². The molecular weight excluding hydrogens is 366 g/mol. The fourth-order valence-electron chi connectivity index (χ4n) is 2.94. The number of hydrogen-bond acceptors (Lipinski definition) is 5. The molecule has 4 rings (SSSR count). The Bertz CT molecular complexity index is 1080. The van der Waals surface area contributed by atoms with Crippen molar-refractivity contribution in [1.29, 1.82) is 0 Å². The summed E-state index contributed by atoms with van der Waals surface area (Å²) in [5, 5.41) is 11.0. The van der Waals surface area contributed by atoms with Gasteiger partial charge in [-0.25, -0.2) is 0 Å². The maximum absolute atomic E-state index is 13.1. The van der Waals surface area contributed by atoms with Gasteiger partial charge in [0.2, 0.25) is 0 Å². The molecule has 27 heavy (non-hydrogen) atoms. The van der Waals surface area contributed by atoms with E-state index in [1.807, 2.05) is 48.5 Å². The molecule has 0 unspecified atom stereocenters. The average Bonchev–Trinajstić information content (AvgIpc) is 2.67. The summed E-state index contributed by atoms with van der Waals surface area (Å²) in [4.78, 5) is 39.0. The van der Waals surface area contributed by atoms with Crippen LogP contribution in [0.2, 0.25) is 0 Å². The molecule has 0 fully saturated rings. The number of carbonyl (C=O) groups excluding carboxylic acids is 1. The lowest BCUT2D eigenvalue weighted by atomic mass is 10.2. The summed E-state index contributed by atoms with van der Waals surface area (Å²) < 4.78 is 1.06. The van der Waals surface area contributed by atoms with Crippen LogP contribution in [0.4, 0.5) is 17.1 Å². The average molecular weight is 379 g/mol. The van der Waals surface area contributed by atoms with E-state index in [9.17, 15) is 19.7 Å². The molecule has 0 radical (unpaired) electrons. The summed E-state index contributed by atoms with van der Waals surface area (Å²) in [5.41, 5.74) is 0.744. The van der Waals surface area contributed by atoms with E-state index in [1.54, 1.807) is 16.7 Å². The van der Waals surface area contributed by atoms with Gasteiger partial charge in [-0.15, -0.1) is 0 Å². The number of amides is 1. The number of nitro groups is 1. The number of hydrogen-bond donors (Lipinski definition) is 0. The normalized spacial score (nSPS) is 12.2. The first kappa shape index (κ1) is 17.0. The van der Waals surface area contributed by atoms with Crippen molar-refractivity contribution in [3.63, 3.8) is 0 Å². The first-order chi connectivity index (χ1) is 13.0. The number of pyridine rings is 1. The summed E-state index contributed by atoms with van der Waals surface area (Å²) in [5.74, 6) is -0.349. The molecule has 0 saturated heterocycles. The van der Waals surface area contributed by atoms with Gasteiger partial charge in [0.1, 0.15) is 6.54 Å². The minimum absolute atomic E-state index is 0.239. The van der Waals surface area contributed by atoms with Crippen LogP contribution in [0, 0.1) is 10.1 Å². The van der Waals surface area contributed by atoms with Crippen molar-refractivity contribution in [2.24, 2.45) is 0 Å². The number of benzene rings is 2. The van der Waals surface area contributed by atoms with Crippen molar-refractivity contribution >= 4 is 34.7 Å². The summed E-state index contributed by atoms with van der Waals surface area (Å²) in [6, 6.07) is 17.2. The Balaban J connectivity index is 1.76. The van der Waals surface area contributed by atoms with Crippen LogP contribution in [0.1, 0.15) is 0 Å². The number of carbonyl (C=O) groups is 1. The molecule has 2 aromatic carbocycles. The minimum atomic E-state index is -0.595. The van der Waals surface area contributed by atoms with Crippen LogP contribution in [-0.4, -0.2) is 15.4 Å². The third kappa shape index (κ3) is 3.11. The van der Waals surface area contributed by atoms with E-state index in [4.69, 9.17) is 0 Å². The molecule has 7 nitrogen and oxygen atoms in total. The summed E-state index contributed by atoms with van der Waals surface area (Å²) in [6.07, 6.45) is 1.09. The Morgan fingerprint density at radius 2 is 1.56 bits per heavy atom. The third-order valence-electron chi connectivity index (χ3n) is 4.17. The summed E-state index contributed by atoms with van der Waals surface area (Å²) in [7, 11) is 0. The first-order valence-corrected chi connectivity index (χ1v) is 8.90. The van der Waals surface area contributed by atoms with Gasteiger partial charge in [-0.2, -0.15) is 0 Å². The largest absolute Gasteiger partial charge is 0.299 e. The Morgan fingerprint density at radius 3 is 2.15 bits per heavy atom. The van der Waals surface area contributed by atoms with Crippen molar-refractivity contribution < 1.29 is 9.72 Å². The van der Waals surface area contributed by atoms with Crippen molar-refractivity contribution in [2.45, 2.75) is 16.3 Å². The van der Waals surface area contributed by atoms with Crippen molar-refractivity contribution in [1.82, 2.24) is 4.57 Å². The Kier molecular flexibility index (Phi) is 4.25. The van der Waals surface area contributed by atoms with E-state index >= 15 is 0 Å². The molecule has 1 aliphatic rings. The van der Waals surface area contributed by atoms with E-state index in [0.29, 0.717) is 0 Å². The fourth-order valence-corrected chi connectivity index (χ4v) is 4.00. The zero-order valence-corrected chi connectivity index (χ0v) is 14.8. The van der Waals surface area contributed by atoms with Crippen LogP contribution in [0.5, 0.6) is 0 Å². The molecule has 0 aliphatic carbocycles. The van der Waals surface area contributed by atoms with Gasteiger partial charge in [-0.1, -0.05) is 36.0 Å². The molecule has 1 aromatic heterocycles. The third-order valence-corrected chi connectivity index (χ3v) is 5.30. The molecule has 0 saturated carbocycles. The van der Waals surface area contributed by atoms with E-state index in [2.05, 4.69) is 0 Å². The van der Waals surface area contributed by atoms with Crippen LogP contribution in [0.15, 0.2) is 81.4 Å². The van der Waals surface area contributed by atoms with E-state index in [-0.39, 0.29) is 18.1 Å². The highest BCUT2D eigenvalue weighted by Gasteiger charge is 2.28. The Hall–Kier alpha value is -3.39. The standard InChI is InChI=1S/C19H13N3O4S/c23-18-10-9-13(22(25)26)11-20(18)12-19(24)21-14-5-1-3-7-16(14)27-17-8-4-2-6-15(17)21/h1-11H,12H2. The molecule has 0 bridgehead atoms. The first-order valence-electron chi connectivity index (χ1n) is 8.08. The second-order valence-electron chi connectivity index (χ2n) is 5.88. The van der Waals surface area contributed by atoms with Crippen LogP contribution in [0.25, 0.3) is 0 Å². The lowest BCUT2D eigenvalue weighted by Crippen LogP contribution is -2.34. The molecule has 2 heterocycles. The van der Waals surface area contributed by atoms with Gasteiger partial charge in [-0.05, 0) is 24.3 Å². The number of anilines is 2. The number of rotatable bonds is 3. The van der Waals surface area contributed by atoms with Crippen LogP contribution >= 0.6 is 11.8 Å². The maximum atomic E-state index is 13.1. The smallest absolute Gasteiger partial charge is 0.285 e. The zero-order valence-electron chi connectivity index (χ0n) is 13.9. The van der Waals surface area contributed by atoms with E-state index < -0.39 is 10.5 Å². The fraction of sp³-hybridized carbons (Fsp3) is 0.0526. The molecule has 1 aliphatic heterocycles.